The molecule has 0 aliphatic rings. The van der Waals surface area contributed by atoms with Gasteiger partial charge in [0.25, 0.3) is 5.91 Å². The summed E-state index contributed by atoms with van der Waals surface area (Å²) in [6, 6.07) is 7.31. The van der Waals surface area contributed by atoms with E-state index in [1.165, 1.54) is 36.5 Å². The quantitative estimate of drug-likeness (QED) is 0.911. The minimum absolute atomic E-state index is 0.0364. The van der Waals surface area contributed by atoms with Crippen LogP contribution in [0.1, 0.15) is 20.8 Å². The number of pyridine rings is 1. The van der Waals surface area contributed by atoms with Crippen LogP contribution in [0.25, 0.3) is 0 Å². The third-order valence-corrected chi connectivity index (χ3v) is 2.98. The lowest BCUT2D eigenvalue weighted by Crippen LogP contribution is -2.16. The number of amides is 1. The van der Waals surface area contributed by atoms with E-state index in [4.69, 9.17) is 28.3 Å². The zero-order valence-corrected chi connectivity index (χ0v) is 11.4. The third-order valence-electron chi connectivity index (χ3n) is 2.43. The van der Waals surface area contributed by atoms with E-state index in [9.17, 15) is 9.59 Å². The van der Waals surface area contributed by atoms with Crippen LogP contribution in [0.3, 0.4) is 0 Å². The molecule has 1 amide bonds. The van der Waals surface area contributed by atoms with E-state index >= 15 is 0 Å². The summed E-state index contributed by atoms with van der Waals surface area (Å²) >= 11 is 11.6. The minimum Gasteiger partial charge on any atom is -0.478 e. The summed E-state index contributed by atoms with van der Waals surface area (Å²) < 4.78 is 0. The van der Waals surface area contributed by atoms with E-state index in [2.05, 4.69) is 10.3 Å². The zero-order chi connectivity index (χ0) is 14.7. The Kier molecular flexibility index (Phi) is 4.22. The van der Waals surface area contributed by atoms with E-state index in [-0.39, 0.29) is 22.0 Å². The number of hydrogen-bond donors (Lipinski definition) is 2. The largest absolute Gasteiger partial charge is 0.478 e. The number of carbonyl (C=O) groups is 2. The maximum absolute atomic E-state index is 12.0. The predicted octanol–water partition coefficient (Wildman–Crippen LogP) is 3.34. The molecule has 0 saturated carbocycles. The summed E-state index contributed by atoms with van der Waals surface area (Å²) in [5.74, 6) is -1.80. The molecule has 0 radical (unpaired) electrons. The van der Waals surface area contributed by atoms with E-state index in [1.54, 1.807) is 0 Å². The molecule has 2 N–H and O–H groups in total. The highest BCUT2D eigenvalue weighted by molar-refractivity contribution is 6.34. The van der Waals surface area contributed by atoms with Crippen LogP contribution in [0.15, 0.2) is 36.5 Å². The van der Waals surface area contributed by atoms with Crippen LogP contribution in [0.2, 0.25) is 10.0 Å². The van der Waals surface area contributed by atoms with Gasteiger partial charge in [-0.3, -0.25) is 9.78 Å². The number of carboxylic acids is 1. The SMILES string of the molecule is O=C(Nc1cccc(Cl)c1C(=O)O)c1cc(Cl)ccn1. The average molecular weight is 311 g/mol. The van der Waals surface area contributed by atoms with Crippen LogP contribution in [0, 0.1) is 0 Å². The molecule has 0 aliphatic heterocycles. The van der Waals surface area contributed by atoms with Crippen molar-refractivity contribution in [3.8, 4) is 0 Å². The molecule has 5 nitrogen and oxygen atoms in total. The highest BCUT2D eigenvalue weighted by Crippen LogP contribution is 2.24. The molecular formula is C13H8Cl2N2O3. The molecule has 1 heterocycles. The van der Waals surface area contributed by atoms with Gasteiger partial charge in [0, 0.05) is 11.2 Å². The number of rotatable bonds is 3. The summed E-state index contributed by atoms with van der Waals surface area (Å²) in [5, 5.41) is 11.9. The fraction of sp³-hybridized carbons (Fsp3) is 0. The standard InChI is InChI=1S/C13H8Cl2N2O3/c14-7-4-5-16-10(6-7)12(18)17-9-3-1-2-8(15)11(9)13(19)20/h1-6H,(H,17,18)(H,19,20). The van der Waals surface area contributed by atoms with Crippen LogP contribution < -0.4 is 5.32 Å². The number of halogens is 2. The Balaban J connectivity index is 2.33. The number of carbonyl (C=O) groups excluding carboxylic acids is 1. The predicted molar refractivity (Wildman–Crippen MR) is 75.6 cm³/mol. The summed E-state index contributed by atoms with van der Waals surface area (Å²) in [4.78, 5) is 27.0. The third kappa shape index (κ3) is 3.07. The normalized spacial score (nSPS) is 10.1. The molecule has 1 aromatic carbocycles. The molecule has 2 rings (SSSR count). The topological polar surface area (TPSA) is 79.3 Å². The highest BCUT2D eigenvalue weighted by Gasteiger charge is 2.17. The average Bonchev–Trinajstić information content (AvgIpc) is 2.38. The van der Waals surface area contributed by atoms with Crippen molar-refractivity contribution in [2.45, 2.75) is 0 Å². The highest BCUT2D eigenvalue weighted by atomic mass is 35.5. The first kappa shape index (κ1) is 14.3. The number of nitrogens with zero attached hydrogens (tertiary/aromatic N) is 1. The van der Waals surface area contributed by atoms with Crippen LogP contribution in [-0.4, -0.2) is 22.0 Å². The van der Waals surface area contributed by atoms with Crippen LogP contribution in [0.5, 0.6) is 0 Å². The molecular weight excluding hydrogens is 303 g/mol. The second-order valence-electron chi connectivity index (χ2n) is 3.78. The van der Waals surface area contributed by atoms with Gasteiger partial charge in [0.1, 0.15) is 11.3 Å². The molecule has 0 unspecified atom stereocenters. The zero-order valence-electron chi connectivity index (χ0n) is 9.93. The maximum Gasteiger partial charge on any atom is 0.339 e. The van der Waals surface area contributed by atoms with Gasteiger partial charge in [0.2, 0.25) is 0 Å². The molecule has 0 spiro atoms. The Labute approximate surface area is 124 Å². The van der Waals surface area contributed by atoms with Crippen molar-refractivity contribution >= 4 is 40.8 Å². The van der Waals surface area contributed by atoms with Gasteiger partial charge >= 0.3 is 5.97 Å². The lowest BCUT2D eigenvalue weighted by Gasteiger charge is -2.09. The fourth-order valence-electron chi connectivity index (χ4n) is 1.56. The number of hydrogen-bond acceptors (Lipinski definition) is 3. The van der Waals surface area contributed by atoms with Crippen molar-refractivity contribution in [1.82, 2.24) is 4.98 Å². The summed E-state index contributed by atoms with van der Waals surface area (Å²) in [7, 11) is 0. The van der Waals surface area contributed by atoms with Gasteiger partial charge in [0.05, 0.1) is 10.7 Å². The molecule has 102 valence electrons. The lowest BCUT2D eigenvalue weighted by atomic mass is 10.1. The molecule has 0 fully saturated rings. The molecule has 0 saturated heterocycles. The Bertz CT molecular complexity index is 689. The maximum atomic E-state index is 12.0. The Hall–Kier alpha value is -2.11. The molecule has 2 aromatic rings. The van der Waals surface area contributed by atoms with Crippen molar-refractivity contribution in [3.05, 3.63) is 57.8 Å². The van der Waals surface area contributed by atoms with Crippen molar-refractivity contribution in [2.75, 3.05) is 5.32 Å². The Morgan fingerprint density at radius 3 is 2.60 bits per heavy atom. The van der Waals surface area contributed by atoms with Crippen LogP contribution in [-0.2, 0) is 0 Å². The lowest BCUT2D eigenvalue weighted by molar-refractivity contribution is 0.0698. The first-order chi connectivity index (χ1) is 9.49. The molecule has 1 aromatic heterocycles. The summed E-state index contributed by atoms with van der Waals surface area (Å²) in [6.45, 7) is 0. The molecule has 0 bridgehead atoms. The number of aromatic nitrogens is 1. The minimum atomic E-state index is -1.23. The van der Waals surface area contributed by atoms with Crippen molar-refractivity contribution in [2.24, 2.45) is 0 Å². The van der Waals surface area contributed by atoms with Gasteiger partial charge in [-0.25, -0.2) is 4.79 Å². The van der Waals surface area contributed by atoms with Gasteiger partial charge in [0.15, 0.2) is 0 Å². The van der Waals surface area contributed by atoms with Gasteiger partial charge in [-0.1, -0.05) is 29.3 Å². The van der Waals surface area contributed by atoms with Crippen LogP contribution >= 0.6 is 23.2 Å². The Morgan fingerprint density at radius 2 is 1.95 bits per heavy atom. The van der Waals surface area contributed by atoms with Gasteiger partial charge < -0.3 is 10.4 Å². The first-order valence-corrected chi connectivity index (χ1v) is 6.19. The number of carboxylic acid groups (broad SMARTS) is 1. The molecule has 7 heteroatoms. The van der Waals surface area contributed by atoms with Gasteiger partial charge in [-0.15, -0.1) is 0 Å². The molecule has 0 aliphatic carbocycles. The van der Waals surface area contributed by atoms with E-state index in [0.29, 0.717) is 5.02 Å². The van der Waals surface area contributed by atoms with Gasteiger partial charge in [-0.05, 0) is 24.3 Å². The first-order valence-electron chi connectivity index (χ1n) is 5.44. The van der Waals surface area contributed by atoms with Crippen molar-refractivity contribution < 1.29 is 14.7 Å². The Morgan fingerprint density at radius 1 is 1.20 bits per heavy atom. The summed E-state index contributed by atoms with van der Waals surface area (Å²) in [5.41, 5.74) is -0.00451. The molecule has 0 atom stereocenters. The molecule has 20 heavy (non-hydrogen) atoms. The smallest absolute Gasteiger partial charge is 0.339 e. The number of benzene rings is 1. The number of nitrogens with one attached hydrogen (secondary N) is 1. The monoisotopic (exact) mass is 310 g/mol. The van der Waals surface area contributed by atoms with Crippen molar-refractivity contribution in [1.29, 1.82) is 0 Å². The summed E-state index contributed by atoms with van der Waals surface area (Å²) in [6.07, 6.45) is 1.38. The van der Waals surface area contributed by atoms with Crippen LogP contribution in [0.4, 0.5) is 5.69 Å². The van der Waals surface area contributed by atoms with E-state index in [1.807, 2.05) is 0 Å². The van der Waals surface area contributed by atoms with E-state index < -0.39 is 11.9 Å². The second kappa shape index (κ2) is 5.90. The van der Waals surface area contributed by atoms with Crippen molar-refractivity contribution in [3.63, 3.8) is 0 Å². The fourth-order valence-corrected chi connectivity index (χ4v) is 1.98. The van der Waals surface area contributed by atoms with Gasteiger partial charge in [-0.2, -0.15) is 0 Å². The number of aromatic carboxylic acids is 1. The van der Waals surface area contributed by atoms with E-state index in [0.717, 1.165) is 0 Å². The second-order valence-corrected chi connectivity index (χ2v) is 4.62. The number of anilines is 1.